The summed E-state index contributed by atoms with van der Waals surface area (Å²) in [5.74, 6) is 0. The Morgan fingerprint density at radius 2 is 0.320 bits per heavy atom. The zero-order valence-corrected chi connectivity index (χ0v) is 61.2. The largest absolute Gasteiger partial charge is 2.00 e. The molecule has 0 aliphatic heterocycles. The summed E-state index contributed by atoms with van der Waals surface area (Å²) in [7, 11) is -4.67. The van der Waals surface area contributed by atoms with Crippen LogP contribution in [-0.4, -0.2) is 772 Å². The van der Waals surface area contributed by atoms with Gasteiger partial charge in [-0.1, -0.05) is 0 Å². The van der Waals surface area contributed by atoms with E-state index >= 15 is 0 Å². The zero-order valence-electron chi connectivity index (χ0n) is 56.3. The molecule has 0 saturated heterocycles. The van der Waals surface area contributed by atoms with Crippen molar-refractivity contribution in [2.45, 2.75) is 0 Å². The molecule has 25 heavy (non-hydrogen) atoms. The average Bonchev–Trinajstić information content (AvgIpc) is 0.722. The minimum Gasteiger partial charge on any atom is -1.00 e. The first-order valence-corrected chi connectivity index (χ1v) is 2.10. The third-order valence-electron chi connectivity index (χ3n) is 0. The zero-order chi connectivity index (χ0) is 4.50. The molecule has 0 aromatic carbocycles. The van der Waals surface area contributed by atoms with Gasteiger partial charge in [0.1, 0.15) is 0 Å². The molecular weight excluding hydrogens is 898 g/mol. The average molecular weight is 940 g/mol. The molecule has 0 amide bonds. The molecule has 0 aromatic heterocycles. The van der Waals surface area contributed by atoms with Crippen molar-refractivity contribution in [2.75, 3.05) is 0 Å². The van der Waals surface area contributed by atoms with Gasteiger partial charge >= 0.3 is 765 Å². The van der Waals surface area contributed by atoms with Crippen LogP contribution in [0.5, 0.6) is 0 Å². The van der Waals surface area contributed by atoms with E-state index in [9.17, 15) is 0 Å². The first-order valence-electron chi connectivity index (χ1n) is 0.698. The van der Waals surface area contributed by atoms with Crippen molar-refractivity contribution >= 4 is 765 Å². The molecule has 0 rings (SSSR count). The molecule has 0 aliphatic carbocycles. The van der Waals surface area contributed by atoms with Crippen molar-refractivity contribution in [1.29, 1.82) is 0 Å². The Kier molecular flexibility index (Phi) is 670. The Morgan fingerprint density at radius 1 is 0.320 bits per heavy atom. The quantitative estimate of drug-likeness (QED) is 0.194. The maximum Gasteiger partial charge on any atom is 2.00 e. The molecule has 0 fully saturated rings. The molecule has 0 spiro atoms. The van der Waals surface area contributed by atoms with Gasteiger partial charge in [-0.05, 0) is 0 Å². The third kappa shape index (κ3) is 173. The van der Waals surface area contributed by atoms with Gasteiger partial charge in [-0.2, -0.15) is 8.42 Å². The fraction of sp³-hybridized carbons (Fsp3) is 0. The first-order chi connectivity index (χ1) is 2.00. The van der Waals surface area contributed by atoms with Crippen LogP contribution < -0.4 is 0 Å². The summed E-state index contributed by atoms with van der Waals surface area (Å²) < 4.78 is 31.6. The molecule has 0 unspecified atom stereocenters. The van der Waals surface area contributed by atoms with E-state index in [2.05, 4.69) is 0 Å². The summed E-state index contributed by atoms with van der Waals surface area (Å²) in [6, 6.07) is 0. The third-order valence-corrected chi connectivity index (χ3v) is 0. The minimum absolute atomic E-state index is 0. The van der Waals surface area contributed by atoms with Gasteiger partial charge in [0.15, 0.2) is 0 Å². The van der Waals surface area contributed by atoms with Crippen LogP contribution in [0.15, 0.2) is 0 Å². The Hall–Kier alpha value is 25.1. The Bertz CT molecular complexity index is 167. The van der Waals surface area contributed by atoms with Gasteiger partial charge in [-0.15, -0.1) is 0 Å². The molecule has 0 heterocycles. The van der Waals surface area contributed by atoms with Gasteiger partial charge < -0.3 is 57.1 Å². The molecule has 112 valence electrons. The molecule has 0 aromatic rings. The maximum atomic E-state index is 8.74. The van der Waals surface area contributed by atoms with Crippen LogP contribution >= 0.6 is 0 Å². The van der Waals surface area contributed by atoms with Crippen LogP contribution in [0.4, 0.5) is 0 Å². The maximum absolute atomic E-state index is 8.74. The summed E-state index contributed by atoms with van der Waals surface area (Å²) in [4.78, 5) is 0. The molecule has 0 saturated carbocycles. The normalized spacial score (nSPS) is 2.32. The summed E-state index contributed by atoms with van der Waals surface area (Å²) in [5, 5.41) is 0. The van der Waals surface area contributed by atoms with E-state index in [0.29, 0.717) is 0 Å². The summed E-state index contributed by atoms with van der Waals surface area (Å²) in [6.45, 7) is 0. The number of hydrogen-bond acceptors (Lipinski definition) is 2. The Morgan fingerprint density at radius 3 is 0.320 bits per heavy atom. The number of rotatable bonds is 0. The van der Waals surface area contributed by atoms with Gasteiger partial charge in [-0.25, -0.2) is 0 Å². The summed E-state index contributed by atoms with van der Waals surface area (Å²) in [5.41, 5.74) is 0. The minimum atomic E-state index is -4.67. The van der Waals surface area contributed by atoms with Crippen LogP contribution in [0.25, 0.3) is 0 Å². The molecule has 25 heteroatoms. The van der Waals surface area contributed by atoms with E-state index in [1.165, 1.54) is 0 Å². The van der Waals surface area contributed by atoms with Crippen molar-refractivity contribution in [3.05, 3.63) is 0 Å². The van der Waals surface area contributed by atoms with E-state index in [1.54, 1.807) is 0 Å². The van der Waals surface area contributed by atoms with Crippen molar-refractivity contribution < 1.29 is 74.6 Å². The van der Waals surface area contributed by atoms with Gasteiger partial charge in [-0.3, -0.25) is 9.11 Å². The molecule has 2 N–H and O–H groups in total. The van der Waals surface area contributed by atoms with E-state index in [1.807, 2.05) is 0 Å². The fourth-order valence-electron chi connectivity index (χ4n) is 0. The van der Waals surface area contributed by atoms with Gasteiger partial charge in [0, 0.05) is 0 Å². The van der Waals surface area contributed by atoms with Gasteiger partial charge in [0.25, 0.3) is 0 Å². The van der Waals surface area contributed by atoms with Crippen LogP contribution in [0.1, 0.15) is 57.1 Å². The van der Waals surface area contributed by atoms with Crippen molar-refractivity contribution in [2.24, 2.45) is 0 Å². The molecule has 0 radical (unpaired) electrons. The van der Waals surface area contributed by atoms with Crippen LogP contribution in [0.3, 0.4) is 0 Å². The van der Waals surface area contributed by atoms with Crippen LogP contribution in [-0.2, 0) is 10.4 Å². The predicted octanol–water partition coefficient (Wildman–Crippen LogP) is -3.77. The fourth-order valence-corrected chi connectivity index (χ4v) is 0. The van der Waals surface area contributed by atoms with E-state index in [-0.39, 0.29) is 812 Å². The van der Waals surface area contributed by atoms with Crippen molar-refractivity contribution in [3.63, 3.8) is 0 Å². The Balaban J connectivity index is -0.0000000000452. The Labute approximate surface area is 811 Å². The van der Waals surface area contributed by atoms with Crippen LogP contribution in [0.2, 0.25) is 0 Å². The molecule has 0 bridgehead atoms. The van der Waals surface area contributed by atoms with Gasteiger partial charge in [0.2, 0.25) is 0 Å². The topological polar surface area (TPSA) is 74.6 Å². The monoisotopic (exact) mass is 938 g/mol. The summed E-state index contributed by atoms with van der Waals surface area (Å²) in [6.07, 6.45) is 0. The molecular formula is H42Ca20O4S. The summed E-state index contributed by atoms with van der Waals surface area (Å²) >= 11 is 0. The second kappa shape index (κ2) is 117. The van der Waals surface area contributed by atoms with Crippen molar-refractivity contribution in [1.82, 2.24) is 0 Å². The number of hydrogen-bond donors (Lipinski definition) is 2. The molecule has 4 nitrogen and oxygen atoms in total. The van der Waals surface area contributed by atoms with E-state index < -0.39 is 10.4 Å². The van der Waals surface area contributed by atoms with Gasteiger partial charge in [0.05, 0.1) is 0 Å². The SMILES string of the molecule is O=S(=O)(O)O.[Ca+2].[Ca+2].[Ca+2].[Ca+2].[Ca+2].[Ca+2].[Ca+2].[Ca+2].[Ca+2].[Ca+2].[Ca+2].[Ca+2].[Ca+2].[Ca+2].[Ca+2].[Ca+2].[Ca+2].[Ca+2].[Ca+2].[Ca+2].[H-].[H-].[H-].[H-].[H-].[H-].[H-].[H-].[H-].[H-].[H-].[H-].[H-].[H-].[H-].[H-].[H-].[H-].[H-].[H-].[H-].[H-].[H-].[H-].[H-].[H-].[H-].[H-].[H-].[H-].[H-].[H-].[H-].[H-].[H-].[H-].[H-].[H-].[H-].[H-]. The van der Waals surface area contributed by atoms with Crippen LogP contribution in [0, 0.1) is 0 Å². The second-order valence-electron chi connectivity index (χ2n) is 0.448. The first kappa shape index (κ1) is 143. The molecule has 0 atom stereocenters. The standard InChI is InChI=1S/20Ca.H2O4S.40H/c;;;;;;;;;;;;;;;;;;;;1-5(2,3)4;;;;;;;;;;;;;;;;;;;;;;;;;;;;;;;;;;;;;;;;/h;;;;;;;;;;;;;;;;;;;;(H2,1,2,3,4);;;;;;;;;;;;;;;;;;;;;;;;;;;;;;;;;;;;;;;;/q20*+2;;40*-1. The second-order valence-corrected chi connectivity index (χ2v) is 1.34. The van der Waals surface area contributed by atoms with E-state index in [4.69, 9.17) is 17.5 Å². The van der Waals surface area contributed by atoms with Crippen molar-refractivity contribution in [3.8, 4) is 0 Å². The predicted molar refractivity (Wildman–Crippen MR) is 174 cm³/mol. The smallest absolute Gasteiger partial charge is 1.00 e. The molecule has 0 aliphatic rings. The van der Waals surface area contributed by atoms with E-state index in [0.717, 1.165) is 0 Å².